The van der Waals surface area contributed by atoms with Crippen molar-refractivity contribution in [2.75, 3.05) is 6.54 Å². The molecule has 3 heterocycles. The highest BCUT2D eigenvalue weighted by Crippen LogP contribution is 2.35. The molecule has 0 unspecified atom stereocenters. The van der Waals surface area contributed by atoms with Crippen LogP contribution in [0.3, 0.4) is 0 Å². The van der Waals surface area contributed by atoms with Gasteiger partial charge in [0.25, 0.3) is 0 Å². The van der Waals surface area contributed by atoms with Gasteiger partial charge < -0.3 is 10.6 Å². The minimum Gasteiger partial charge on any atom is -0.354 e. The van der Waals surface area contributed by atoms with Gasteiger partial charge in [0.15, 0.2) is 5.66 Å². The highest BCUT2D eigenvalue weighted by atomic mass is 16.2. The Morgan fingerprint density at radius 3 is 3.09 bits per heavy atom. The van der Waals surface area contributed by atoms with Gasteiger partial charge in [0.2, 0.25) is 5.91 Å². The van der Waals surface area contributed by atoms with E-state index < -0.39 is 11.7 Å². The summed E-state index contributed by atoms with van der Waals surface area (Å²) >= 11 is 0. The molecule has 1 atom stereocenters. The van der Waals surface area contributed by atoms with Crippen molar-refractivity contribution in [2.45, 2.75) is 37.4 Å². The average Bonchev–Trinajstić information content (AvgIpc) is 3.10. The Morgan fingerprint density at radius 1 is 1.55 bits per heavy atom. The van der Waals surface area contributed by atoms with Crippen molar-refractivity contribution < 1.29 is 9.59 Å². The lowest BCUT2D eigenvalue weighted by Gasteiger charge is -2.23. The summed E-state index contributed by atoms with van der Waals surface area (Å²) in [6.45, 7) is 0.446. The number of terminal acetylenes is 1. The zero-order valence-electron chi connectivity index (χ0n) is 12.0. The van der Waals surface area contributed by atoms with Gasteiger partial charge in [0, 0.05) is 44.1 Å². The van der Waals surface area contributed by atoms with E-state index in [0.29, 0.717) is 32.2 Å². The van der Waals surface area contributed by atoms with Crippen LogP contribution in [0.5, 0.6) is 0 Å². The Hall–Kier alpha value is -2.69. The predicted molar refractivity (Wildman–Crippen MR) is 76.9 cm³/mol. The van der Waals surface area contributed by atoms with Crippen molar-refractivity contribution in [1.82, 2.24) is 20.2 Å². The summed E-state index contributed by atoms with van der Waals surface area (Å²) in [5.41, 5.74) is 0.315. The molecule has 2 aliphatic heterocycles. The Morgan fingerprint density at radius 2 is 2.36 bits per heavy atom. The van der Waals surface area contributed by atoms with E-state index in [1.165, 1.54) is 10.9 Å². The van der Waals surface area contributed by atoms with Crippen LogP contribution in [0.1, 0.15) is 25.0 Å². The number of carbonyl (C=O) groups excluding carboxylic acids is 2. The second-order valence-corrected chi connectivity index (χ2v) is 5.39. The smallest absolute Gasteiger partial charge is 0.327 e. The van der Waals surface area contributed by atoms with E-state index in [9.17, 15) is 9.59 Å². The molecule has 0 fully saturated rings. The molecule has 0 saturated heterocycles. The summed E-state index contributed by atoms with van der Waals surface area (Å²) in [7, 11) is 0. The molecule has 1 aromatic rings. The van der Waals surface area contributed by atoms with E-state index in [4.69, 9.17) is 6.42 Å². The highest BCUT2D eigenvalue weighted by molar-refractivity contribution is 5.89. The molecule has 0 aliphatic carbocycles. The van der Waals surface area contributed by atoms with Crippen LogP contribution in [0, 0.1) is 12.3 Å². The number of hydrogen-bond acceptors (Lipinski definition) is 5. The van der Waals surface area contributed by atoms with Gasteiger partial charge in [-0.05, 0) is 0 Å². The van der Waals surface area contributed by atoms with Gasteiger partial charge in [0.1, 0.15) is 12.4 Å². The van der Waals surface area contributed by atoms with Crippen molar-refractivity contribution in [3.8, 4) is 12.3 Å². The summed E-state index contributed by atoms with van der Waals surface area (Å²) < 4.78 is 1.40. The summed E-state index contributed by atoms with van der Waals surface area (Å²) in [6.07, 6.45) is 10.6. The number of fused-ring (bicyclic) bond motifs is 1. The molecule has 114 valence electrons. The minimum absolute atomic E-state index is 0.214. The van der Waals surface area contributed by atoms with Crippen molar-refractivity contribution in [3.05, 3.63) is 18.2 Å². The van der Waals surface area contributed by atoms with Gasteiger partial charge in [0.05, 0.1) is 0 Å². The average molecular weight is 300 g/mol. The zero-order chi connectivity index (χ0) is 15.6. The van der Waals surface area contributed by atoms with E-state index in [1.807, 2.05) is 0 Å². The first-order valence-corrected chi connectivity index (χ1v) is 7.11. The van der Waals surface area contributed by atoms with Crippen LogP contribution in [0.4, 0.5) is 4.79 Å². The quantitative estimate of drug-likeness (QED) is 0.746. The largest absolute Gasteiger partial charge is 0.354 e. The van der Waals surface area contributed by atoms with Crippen LogP contribution in [0.2, 0.25) is 0 Å². The van der Waals surface area contributed by atoms with Crippen LogP contribution in [0.15, 0.2) is 22.8 Å². The maximum Gasteiger partial charge on any atom is 0.327 e. The van der Waals surface area contributed by atoms with Crippen molar-refractivity contribution in [1.29, 1.82) is 0 Å². The van der Waals surface area contributed by atoms with Crippen LogP contribution in [-0.4, -0.2) is 39.7 Å². The molecule has 0 radical (unpaired) electrons. The van der Waals surface area contributed by atoms with Crippen LogP contribution in [-0.2, 0) is 11.2 Å². The number of imidazole rings is 1. The van der Waals surface area contributed by atoms with E-state index in [0.717, 1.165) is 5.69 Å². The van der Waals surface area contributed by atoms with Crippen molar-refractivity contribution in [2.24, 2.45) is 10.2 Å². The number of nitrogens with zero attached hydrogens (tertiary/aromatic N) is 4. The maximum atomic E-state index is 12.1. The van der Waals surface area contributed by atoms with Crippen LogP contribution < -0.4 is 10.6 Å². The standard InChI is InChI=1S/C14H16N6O2/c1-2-3-4-14(18-19-14)5-6-16-12(21)11-7-10-8-15-9-20(10)13(22)17-11/h1,8-9,11H,3-7H2,(H,16,21)(H,17,22)/t11-/m0/s1. The lowest BCUT2D eigenvalue weighted by molar-refractivity contribution is -0.123. The van der Waals surface area contributed by atoms with Crippen molar-refractivity contribution in [3.63, 3.8) is 0 Å². The second-order valence-electron chi connectivity index (χ2n) is 5.39. The van der Waals surface area contributed by atoms with Gasteiger partial charge in [-0.15, -0.1) is 12.3 Å². The monoisotopic (exact) mass is 300 g/mol. The molecular weight excluding hydrogens is 284 g/mol. The molecular formula is C14H16N6O2. The molecule has 0 saturated carbocycles. The minimum atomic E-state index is -0.577. The number of aromatic nitrogens is 2. The first-order chi connectivity index (χ1) is 10.6. The Bertz CT molecular complexity index is 665. The van der Waals surface area contributed by atoms with Crippen LogP contribution in [0.25, 0.3) is 0 Å². The van der Waals surface area contributed by atoms with Crippen molar-refractivity contribution >= 4 is 11.9 Å². The topological polar surface area (TPSA) is 101 Å². The molecule has 0 spiro atoms. The molecule has 1 aromatic heterocycles. The van der Waals surface area contributed by atoms with E-state index in [2.05, 4.69) is 31.8 Å². The van der Waals surface area contributed by atoms with E-state index in [1.54, 1.807) is 6.20 Å². The fourth-order valence-electron chi connectivity index (χ4n) is 2.47. The molecule has 0 aromatic carbocycles. The molecule has 8 heteroatoms. The second kappa shape index (κ2) is 5.60. The lowest BCUT2D eigenvalue weighted by atomic mass is 10.0. The van der Waals surface area contributed by atoms with Gasteiger partial charge in [-0.3, -0.25) is 9.36 Å². The lowest BCUT2D eigenvalue weighted by Crippen LogP contribution is -2.53. The Balaban J connectivity index is 1.47. The summed E-state index contributed by atoms with van der Waals surface area (Å²) in [5.74, 6) is 2.35. The predicted octanol–water partition coefficient (Wildman–Crippen LogP) is 0.447. The Labute approximate surface area is 127 Å². The fraction of sp³-hybridized carbons (Fsp3) is 0.500. The number of carbonyl (C=O) groups is 2. The molecule has 2 aliphatic rings. The molecule has 2 amide bonds. The normalized spacial score (nSPS) is 20.7. The van der Waals surface area contributed by atoms with Gasteiger partial charge in [-0.2, -0.15) is 10.2 Å². The number of amides is 2. The summed E-state index contributed by atoms with van der Waals surface area (Å²) in [4.78, 5) is 27.9. The fourth-order valence-corrected chi connectivity index (χ4v) is 2.47. The molecule has 3 rings (SSSR count). The van der Waals surface area contributed by atoms with Crippen LogP contribution >= 0.6 is 0 Å². The van der Waals surface area contributed by atoms with Gasteiger partial charge in [-0.25, -0.2) is 9.78 Å². The molecule has 0 bridgehead atoms. The summed E-state index contributed by atoms with van der Waals surface area (Å²) in [5, 5.41) is 13.5. The van der Waals surface area contributed by atoms with E-state index >= 15 is 0 Å². The molecule has 22 heavy (non-hydrogen) atoms. The maximum absolute atomic E-state index is 12.1. The van der Waals surface area contributed by atoms with Gasteiger partial charge in [-0.1, -0.05) is 0 Å². The SMILES string of the molecule is C#CCCC1(CCNC(=O)[C@@H]2Cc3cncn3C(=O)N2)N=N1. The number of nitrogens with one attached hydrogen (secondary N) is 2. The third-order valence-corrected chi connectivity index (χ3v) is 3.84. The first-order valence-electron chi connectivity index (χ1n) is 7.11. The summed E-state index contributed by atoms with van der Waals surface area (Å²) in [6, 6.07) is -0.914. The molecule has 8 nitrogen and oxygen atoms in total. The number of rotatable bonds is 6. The zero-order valence-corrected chi connectivity index (χ0v) is 12.0. The third-order valence-electron chi connectivity index (χ3n) is 3.84. The molecule has 2 N–H and O–H groups in total. The van der Waals surface area contributed by atoms with E-state index in [-0.39, 0.29) is 11.9 Å². The third kappa shape index (κ3) is 2.83. The van der Waals surface area contributed by atoms with Gasteiger partial charge >= 0.3 is 6.03 Å². The highest BCUT2D eigenvalue weighted by Gasteiger charge is 2.39. The first kappa shape index (κ1) is 14.3. The Kier molecular flexibility index (Phi) is 3.63. The number of hydrogen-bond donors (Lipinski definition) is 2.